The summed E-state index contributed by atoms with van der Waals surface area (Å²) < 4.78 is 5.37. The number of rotatable bonds is 5. The van der Waals surface area contributed by atoms with E-state index in [2.05, 4.69) is 0 Å². The minimum absolute atomic E-state index is 0.198. The van der Waals surface area contributed by atoms with Gasteiger partial charge >= 0.3 is 5.97 Å². The summed E-state index contributed by atoms with van der Waals surface area (Å²) in [5, 5.41) is 0. The van der Waals surface area contributed by atoms with Gasteiger partial charge < -0.3 is 9.64 Å². The van der Waals surface area contributed by atoms with Crippen LogP contribution in [0.1, 0.15) is 39.0 Å². The number of likely N-dealkylation sites (N-methyl/N-ethyl adjacent to an activating group) is 1. The van der Waals surface area contributed by atoms with Crippen LogP contribution in [0.25, 0.3) is 0 Å². The average Bonchev–Trinajstić information content (AvgIpc) is 3.16. The predicted molar refractivity (Wildman–Crippen MR) is 94.1 cm³/mol. The summed E-state index contributed by atoms with van der Waals surface area (Å²) in [5.74, 6) is -0.598. The molecule has 1 amide bonds. The zero-order valence-electron chi connectivity index (χ0n) is 14.0. The van der Waals surface area contributed by atoms with Gasteiger partial charge in [-0.25, -0.2) is 4.79 Å². The summed E-state index contributed by atoms with van der Waals surface area (Å²) in [7, 11) is 1.72. The van der Waals surface area contributed by atoms with Crippen molar-refractivity contribution in [1.82, 2.24) is 4.90 Å². The lowest BCUT2D eigenvalue weighted by Gasteiger charge is -2.21. The molecule has 4 nitrogen and oxygen atoms in total. The van der Waals surface area contributed by atoms with E-state index in [1.165, 1.54) is 21.8 Å². The van der Waals surface area contributed by atoms with Gasteiger partial charge in [0.1, 0.15) is 4.88 Å². The summed E-state index contributed by atoms with van der Waals surface area (Å²) >= 11 is 1.50. The Balaban J connectivity index is 1.57. The number of aryl methyl sites for hydroxylation is 2. The van der Waals surface area contributed by atoms with Gasteiger partial charge in [0.2, 0.25) is 0 Å². The molecule has 5 heteroatoms. The van der Waals surface area contributed by atoms with Gasteiger partial charge in [0.25, 0.3) is 5.91 Å². The van der Waals surface area contributed by atoms with Crippen LogP contribution in [0.4, 0.5) is 0 Å². The van der Waals surface area contributed by atoms with Crippen molar-refractivity contribution >= 4 is 23.2 Å². The average molecular weight is 343 g/mol. The Bertz CT molecular complexity index is 717. The van der Waals surface area contributed by atoms with E-state index >= 15 is 0 Å². The van der Waals surface area contributed by atoms with Crippen molar-refractivity contribution in [3.05, 3.63) is 57.3 Å². The lowest BCUT2D eigenvalue weighted by molar-refractivity contribution is -0.139. The Morgan fingerprint density at radius 2 is 2.00 bits per heavy atom. The van der Waals surface area contributed by atoms with E-state index in [0.29, 0.717) is 11.4 Å². The zero-order valence-corrected chi connectivity index (χ0v) is 14.8. The molecule has 1 aliphatic rings. The third kappa shape index (κ3) is 3.67. The molecule has 1 aromatic carbocycles. The number of carbonyl (C=O) groups is 2. The van der Waals surface area contributed by atoms with Crippen molar-refractivity contribution in [1.29, 1.82) is 0 Å². The molecule has 0 radical (unpaired) electrons. The number of fused-ring (bicyclic) bond motifs is 1. The fraction of sp³-hybridized carbons (Fsp3) is 0.368. The Morgan fingerprint density at radius 1 is 1.25 bits per heavy atom. The van der Waals surface area contributed by atoms with Crippen molar-refractivity contribution in [2.24, 2.45) is 0 Å². The largest absolute Gasteiger partial charge is 0.448 e. The van der Waals surface area contributed by atoms with Gasteiger partial charge in [0.15, 0.2) is 6.10 Å². The summed E-state index contributed by atoms with van der Waals surface area (Å²) in [6.07, 6.45) is 2.45. The predicted octanol–water partition coefficient (Wildman–Crippen LogP) is 3.44. The van der Waals surface area contributed by atoms with Gasteiger partial charge in [-0.05, 0) is 43.4 Å². The first-order chi connectivity index (χ1) is 11.5. The monoisotopic (exact) mass is 343 g/mol. The van der Waals surface area contributed by atoms with Crippen LogP contribution in [0.15, 0.2) is 36.4 Å². The van der Waals surface area contributed by atoms with E-state index in [-0.39, 0.29) is 5.91 Å². The van der Waals surface area contributed by atoms with Crippen molar-refractivity contribution in [3.8, 4) is 0 Å². The van der Waals surface area contributed by atoms with Gasteiger partial charge in [-0.1, -0.05) is 30.3 Å². The molecule has 0 unspecified atom stereocenters. The van der Waals surface area contributed by atoms with Crippen LogP contribution in [0.5, 0.6) is 0 Å². The lowest BCUT2D eigenvalue weighted by Crippen LogP contribution is -2.37. The molecule has 0 N–H and O–H groups in total. The van der Waals surface area contributed by atoms with E-state index in [1.54, 1.807) is 18.9 Å². The molecule has 1 aromatic heterocycles. The van der Waals surface area contributed by atoms with E-state index < -0.39 is 12.1 Å². The molecular weight excluding hydrogens is 322 g/mol. The van der Waals surface area contributed by atoms with E-state index in [4.69, 9.17) is 4.74 Å². The smallest absolute Gasteiger partial charge is 0.349 e. The van der Waals surface area contributed by atoms with Crippen LogP contribution >= 0.6 is 11.3 Å². The number of carbonyl (C=O) groups excluding carboxylic acids is 2. The van der Waals surface area contributed by atoms with Gasteiger partial charge in [-0.3, -0.25) is 4.79 Å². The number of thiophene rings is 1. The first kappa shape index (κ1) is 16.7. The molecule has 0 spiro atoms. The Kier molecular flexibility index (Phi) is 5.00. The summed E-state index contributed by atoms with van der Waals surface area (Å²) in [4.78, 5) is 28.1. The maximum Gasteiger partial charge on any atom is 0.349 e. The fourth-order valence-corrected chi connectivity index (χ4v) is 4.08. The quantitative estimate of drug-likeness (QED) is 0.781. The third-order valence-electron chi connectivity index (χ3n) is 4.22. The van der Waals surface area contributed by atoms with Crippen molar-refractivity contribution in [2.75, 3.05) is 7.05 Å². The van der Waals surface area contributed by atoms with Crippen molar-refractivity contribution < 1.29 is 14.3 Å². The molecule has 1 heterocycles. The Morgan fingerprint density at radius 3 is 2.71 bits per heavy atom. The molecule has 24 heavy (non-hydrogen) atoms. The first-order valence-electron chi connectivity index (χ1n) is 8.16. The number of esters is 1. The highest BCUT2D eigenvalue weighted by molar-refractivity contribution is 7.14. The molecule has 0 aliphatic heterocycles. The summed E-state index contributed by atoms with van der Waals surface area (Å²) in [6, 6.07) is 11.7. The molecule has 126 valence electrons. The second-order valence-electron chi connectivity index (χ2n) is 6.14. The molecule has 1 aliphatic carbocycles. The topological polar surface area (TPSA) is 46.6 Å². The zero-order chi connectivity index (χ0) is 17.1. The summed E-state index contributed by atoms with van der Waals surface area (Å²) in [6.45, 7) is 2.12. The number of hydrogen-bond acceptors (Lipinski definition) is 4. The number of nitrogens with zero attached hydrogens (tertiary/aromatic N) is 1. The minimum Gasteiger partial charge on any atom is -0.448 e. The number of ether oxygens (including phenoxy) is 1. The SMILES string of the molecule is C[C@H](OC(=O)c1cc2c(s1)CCC2)C(=O)N(C)Cc1ccccc1. The van der Waals surface area contributed by atoms with Crippen LogP contribution in [-0.4, -0.2) is 29.9 Å². The minimum atomic E-state index is -0.789. The van der Waals surface area contributed by atoms with Gasteiger partial charge in [-0.15, -0.1) is 11.3 Å². The number of amides is 1. The van der Waals surface area contributed by atoms with E-state index in [1.807, 2.05) is 36.4 Å². The maximum atomic E-state index is 12.4. The van der Waals surface area contributed by atoms with Crippen molar-refractivity contribution in [3.63, 3.8) is 0 Å². The van der Waals surface area contributed by atoms with E-state index in [0.717, 1.165) is 24.8 Å². The van der Waals surface area contributed by atoms with Gasteiger partial charge in [-0.2, -0.15) is 0 Å². The fourth-order valence-electron chi connectivity index (χ4n) is 2.94. The molecule has 1 atom stereocenters. The molecular formula is C19H21NO3S. The molecule has 0 saturated heterocycles. The standard InChI is InChI=1S/C19H21NO3S/c1-13(18(21)20(2)12-14-7-4-3-5-8-14)23-19(22)17-11-15-9-6-10-16(15)24-17/h3-5,7-8,11,13H,6,9-10,12H2,1-2H3/t13-/m0/s1. The first-order valence-corrected chi connectivity index (χ1v) is 8.97. The highest BCUT2D eigenvalue weighted by atomic mass is 32.1. The van der Waals surface area contributed by atoms with Crippen LogP contribution in [0.3, 0.4) is 0 Å². The molecule has 3 rings (SSSR count). The molecule has 0 bridgehead atoms. The van der Waals surface area contributed by atoms with Gasteiger partial charge in [0, 0.05) is 18.5 Å². The second-order valence-corrected chi connectivity index (χ2v) is 7.28. The Labute approximate surface area is 146 Å². The molecule has 2 aromatic rings. The number of hydrogen-bond donors (Lipinski definition) is 0. The van der Waals surface area contributed by atoms with Crippen LogP contribution < -0.4 is 0 Å². The van der Waals surface area contributed by atoms with Crippen LogP contribution in [-0.2, 0) is 28.9 Å². The number of benzene rings is 1. The Hall–Kier alpha value is -2.14. The maximum absolute atomic E-state index is 12.4. The highest BCUT2D eigenvalue weighted by Crippen LogP contribution is 2.31. The van der Waals surface area contributed by atoms with Crippen molar-refractivity contribution in [2.45, 2.75) is 38.8 Å². The lowest BCUT2D eigenvalue weighted by atomic mass is 10.2. The third-order valence-corrected chi connectivity index (χ3v) is 5.44. The van der Waals surface area contributed by atoms with E-state index in [9.17, 15) is 9.59 Å². The molecule has 0 saturated carbocycles. The highest BCUT2D eigenvalue weighted by Gasteiger charge is 2.25. The normalized spacial score (nSPS) is 14.1. The van der Waals surface area contributed by atoms with Crippen LogP contribution in [0, 0.1) is 0 Å². The van der Waals surface area contributed by atoms with Crippen LogP contribution in [0.2, 0.25) is 0 Å². The second kappa shape index (κ2) is 7.18. The molecule has 0 fully saturated rings. The summed E-state index contributed by atoms with van der Waals surface area (Å²) in [5.41, 5.74) is 2.30. The van der Waals surface area contributed by atoms with Gasteiger partial charge in [0.05, 0.1) is 0 Å².